The average molecular weight is 730 g/mol. The van der Waals surface area contributed by atoms with Gasteiger partial charge >= 0.3 is 5.97 Å². The van der Waals surface area contributed by atoms with Crippen molar-refractivity contribution in [2.24, 2.45) is 4.99 Å². The fourth-order valence-corrected chi connectivity index (χ4v) is 4.68. The van der Waals surface area contributed by atoms with E-state index >= 15 is 0 Å². The third-order valence-corrected chi connectivity index (χ3v) is 6.60. The van der Waals surface area contributed by atoms with Gasteiger partial charge in [0.2, 0.25) is 5.90 Å². The number of carbonyl (C=O) groups excluding carboxylic acids is 1. The van der Waals surface area contributed by atoms with Crippen LogP contribution in [0.25, 0.3) is 6.08 Å². The molecule has 0 radical (unpaired) electrons. The number of cyclic esters (lactones) is 1. The summed E-state index contributed by atoms with van der Waals surface area (Å²) in [6.45, 7) is 2.80. The number of carbonyl (C=O) groups is 1. The van der Waals surface area contributed by atoms with E-state index in [-0.39, 0.29) is 5.70 Å². The van der Waals surface area contributed by atoms with Crippen LogP contribution in [-0.2, 0) is 16.1 Å². The number of nitrogens with zero attached hydrogens (tertiary/aromatic N) is 1. The van der Waals surface area contributed by atoms with E-state index in [0.717, 1.165) is 28.3 Å². The van der Waals surface area contributed by atoms with Gasteiger partial charge in [0.25, 0.3) is 0 Å². The molecule has 4 rings (SSSR count). The molecule has 0 aliphatic carbocycles. The van der Waals surface area contributed by atoms with E-state index < -0.39 is 5.97 Å². The molecule has 3 aromatic carbocycles. The number of hydrogen-bond acceptors (Lipinski definition) is 5. The molecule has 0 spiro atoms. The molecule has 33 heavy (non-hydrogen) atoms. The van der Waals surface area contributed by atoms with Gasteiger partial charge in [0.05, 0.1) is 11.1 Å². The van der Waals surface area contributed by atoms with Crippen molar-refractivity contribution in [1.82, 2.24) is 0 Å². The summed E-state index contributed by atoms with van der Waals surface area (Å²) in [5, 5.41) is 0. The molecule has 8 heteroatoms. The first-order chi connectivity index (χ1) is 15.9. The standard InChI is InChI=1S/C25H18BrI2NO4/c1-2-31-22-13-16(11-20(26)23(22)32-14-15-4-3-5-19(28)10-15)12-21-25(30)33-24(29-21)17-6-8-18(27)9-7-17/h3-13H,2,14H2,1H3/b21-12-. The highest BCUT2D eigenvalue weighted by Gasteiger charge is 2.24. The molecule has 5 nitrogen and oxygen atoms in total. The van der Waals surface area contributed by atoms with Gasteiger partial charge in [0.1, 0.15) is 6.61 Å². The highest BCUT2D eigenvalue weighted by atomic mass is 127. The molecule has 0 saturated heterocycles. The molecule has 0 saturated carbocycles. The van der Waals surface area contributed by atoms with Crippen LogP contribution in [0.1, 0.15) is 23.6 Å². The third-order valence-electron chi connectivity index (χ3n) is 4.62. The maximum absolute atomic E-state index is 12.4. The molecular formula is C25H18BrI2NO4. The van der Waals surface area contributed by atoms with E-state index in [1.54, 1.807) is 6.08 Å². The Bertz CT molecular complexity index is 1260. The molecule has 0 unspecified atom stereocenters. The Kier molecular flexibility index (Phi) is 8.07. The largest absolute Gasteiger partial charge is 0.490 e. The summed E-state index contributed by atoms with van der Waals surface area (Å²) < 4.78 is 20.2. The Morgan fingerprint density at radius 1 is 1.03 bits per heavy atom. The first kappa shape index (κ1) is 24.2. The third kappa shape index (κ3) is 6.15. The lowest BCUT2D eigenvalue weighted by atomic mass is 10.1. The van der Waals surface area contributed by atoms with Gasteiger partial charge in [-0.2, -0.15) is 0 Å². The van der Waals surface area contributed by atoms with Crippen LogP contribution in [0, 0.1) is 7.14 Å². The van der Waals surface area contributed by atoms with Crippen LogP contribution >= 0.6 is 61.1 Å². The summed E-state index contributed by atoms with van der Waals surface area (Å²) in [5.41, 5.74) is 2.79. The van der Waals surface area contributed by atoms with Crippen molar-refractivity contribution in [2.75, 3.05) is 6.61 Å². The van der Waals surface area contributed by atoms with Crippen LogP contribution in [0.15, 0.2) is 75.8 Å². The Morgan fingerprint density at radius 2 is 1.82 bits per heavy atom. The first-order valence-corrected chi connectivity index (χ1v) is 13.0. The molecule has 1 aliphatic heterocycles. The lowest BCUT2D eigenvalue weighted by molar-refractivity contribution is -0.129. The van der Waals surface area contributed by atoms with Crippen molar-refractivity contribution in [1.29, 1.82) is 0 Å². The molecule has 0 bridgehead atoms. The molecule has 0 aromatic heterocycles. The Balaban J connectivity index is 1.61. The minimum absolute atomic E-state index is 0.227. The average Bonchev–Trinajstić information content (AvgIpc) is 3.14. The SMILES string of the molecule is CCOc1cc(/C=C2\N=C(c3ccc(I)cc3)OC2=O)cc(Br)c1OCc1cccc(I)c1. The Labute approximate surface area is 227 Å². The number of halogens is 3. The summed E-state index contributed by atoms with van der Waals surface area (Å²) >= 11 is 8.09. The topological polar surface area (TPSA) is 57.1 Å². The Hall–Kier alpha value is -1.92. The predicted molar refractivity (Wildman–Crippen MR) is 149 cm³/mol. The van der Waals surface area contributed by atoms with Crippen LogP contribution in [-0.4, -0.2) is 18.5 Å². The van der Waals surface area contributed by atoms with Crippen molar-refractivity contribution in [3.63, 3.8) is 0 Å². The minimum atomic E-state index is -0.489. The lowest BCUT2D eigenvalue weighted by Gasteiger charge is -2.15. The summed E-state index contributed by atoms with van der Waals surface area (Å²) in [6.07, 6.45) is 1.68. The molecule has 168 valence electrons. The van der Waals surface area contributed by atoms with Gasteiger partial charge in [-0.05, 0) is 134 Å². The monoisotopic (exact) mass is 729 g/mol. The fraction of sp³-hybridized carbons (Fsp3) is 0.120. The van der Waals surface area contributed by atoms with E-state index in [4.69, 9.17) is 14.2 Å². The molecule has 1 aliphatic rings. The summed E-state index contributed by atoms with van der Waals surface area (Å²) in [5.74, 6) is 0.994. The second-order valence-corrected chi connectivity index (χ2v) is 10.4. The minimum Gasteiger partial charge on any atom is -0.490 e. The number of hydrogen-bond donors (Lipinski definition) is 0. The summed E-state index contributed by atoms with van der Waals surface area (Å²) in [4.78, 5) is 16.8. The predicted octanol–water partition coefficient (Wildman–Crippen LogP) is 6.98. The van der Waals surface area contributed by atoms with E-state index in [0.29, 0.717) is 30.6 Å². The van der Waals surface area contributed by atoms with Crippen molar-refractivity contribution in [3.05, 3.63) is 94.7 Å². The first-order valence-electron chi connectivity index (χ1n) is 10.0. The van der Waals surface area contributed by atoms with Crippen molar-refractivity contribution >= 4 is 79.1 Å². The van der Waals surface area contributed by atoms with Crippen LogP contribution in [0.3, 0.4) is 0 Å². The smallest absolute Gasteiger partial charge is 0.363 e. The summed E-state index contributed by atoms with van der Waals surface area (Å²) in [6, 6.07) is 19.5. The highest BCUT2D eigenvalue weighted by molar-refractivity contribution is 14.1. The lowest BCUT2D eigenvalue weighted by Crippen LogP contribution is -2.05. The molecule has 3 aromatic rings. The second-order valence-electron chi connectivity index (χ2n) is 7.02. The number of esters is 1. The van der Waals surface area contributed by atoms with Crippen molar-refractivity contribution < 1.29 is 19.0 Å². The van der Waals surface area contributed by atoms with Gasteiger partial charge < -0.3 is 14.2 Å². The van der Waals surface area contributed by atoms with Gasteiger partial charge in [-0.25, -0.2) is 9.79 Å². The zero-order valence-electron chi connectivity index (χ0n) is 17.5. The van der Waals surface area contributed by atoms with E-state index in [9.17, 15) is 4.79 Å². The molecule has 1 heterocycles. The molecule has 0 atom stereocenters. The molecule has 0 amide bonds. The van der Waals surface area contributed by atoms with Crippen molar-refractivity contribution in [3.8, 4) is 11.5 Å². The fourth-order valence-electron chi connectivity index (χ4n) is 3.14. The normalized spacial score (nSPS) is 14.2. The number of benzene rings is 3. The molecular weight excluding hydrogens is 712 g/mol. The Morgan fingerprint density at radius 3 is 2.55 bits per heavy atom. The van der Waals surface area contributed by atoms with Crippen LogP contribution < -0.4 is 9.47 Å². The van der Waals surface area contributed by atoms with Gasteiger partial charge in [-0.1, -0.05) is 12.1 Å². The van der Waals surface area contributed by atoms with Gasteiger partial charge in [0, 0.05) is 12.7 Å². The second kappa shape index (κ2) is 11.0. The highest BCUT2D eigenvalue weighted by Crippen LogP contribution is 2.38. The zero-order valence-corrected chi connectivity index (χ0v) is 23.4. The molecule has 0 N–H and O–H groups in total. The zero-order chi connectivity index (χ0) is 23.4. The van der Waals surface area contributed by atoms with Crippen LogP contribution in [0.2, 0.25) is 0 Å². The van der Waals surface area contributed by atoms with Crippen molar-refractivity contribution in [2.45, 2.75) is 13.5 Å². The van der Waals surface area contributed by atoms with Crippen LogP contribution in [0.4, 0.5) is 0 Å². The number of ether oxygens (including phenoxy) is 3. The summed E-state index contributed by atoms with van der Waals surface area (Å²) in [7, 11) is 0. The number of aliphatic imine (C=N–C) groups is 1. The van der Waals surface area contributed by atoms with E-state index in [1.165, 1.54) is 0 Å². The maximum Gasteiger partial charge on any atom is 0.363 e. The van der Waals surface area contributed by atoms with E-state index in [1.807, 2.05) is 61.5 Å². The van der Waals surface area contributed by atoms with Gasteiger partial charge in [-0.15, -0.1) is 0 Å². The maximum atomic E-state index is 12.4. The number of rotatable bonds is 7. The van der Waals surface area contributed by atoms with Gasteiger partial charge in [-0.3, -0.25) is 0 Å². The van der Waals surface area contributed by atoms with E-state index in [2.05, 4.69) is 72.2 Å². The quantitative estimate of drug-likeness (QED) is 0.150. The van der Waals surface area contributed by atoms with Gasteiger partial charge in [0.15, 0.2) is 17.2 Å². The molecule has 0 fully saturated rings. The van der Waals surface area contributed by atoms with Crippen LogP contribution in [0.5, 0.6) is 11.5 Å².